The smallest absolute Gasteiger partial charge is 0.138 e. The van der Waals surface area contributed by atoms with Crippen LogP contribution in [0.3, 0.4) is 0 Å². The van der Waals surface area contributed by atoms with Crippen molar-refractivity contribution in [1.82, 2.24) is 9.80 Å². The summed E-state index contributed by atoms with van der Waals surface area (Å²) in [5.74, 6) is 1.03. The zero-order valence-electron chi connectivity index (χ0n) is 13.9. The molecule has 25 heavy (non-hydrogen) atoms. The van der Waals surface area contributed by atoms with E-state index in [0.29, 0.717) is 5.02 Å². The number of amidine groups is 1. The van der Waals surface area contributed by atoms with E-state index in [0.717, 1.165) is 54.6 Å². The highest BCUT2D eigenvalue weighted by Gasteiger charge is 2.23. The number of piperazine rings is 1. The predicted octanol–water partition coefficient (Wildman–Crippen LogP) is 4.57. The molecule has 0 radical (unpaired) electrons. The number of fused-ring (bicyclic) bond motifs is 2. The van der Waals surface area contributed by atoms with Crippen molar-refractivity contribution < 1.29 is 0 Å². The van der Waals surface area contributed by atoms with E-state index < -0.39 is 0 Å². The Morgan fingerprint density at radius 2 is 1.68 bits per heavy atom. The van der Waals surface area contributed by atoms with Gasteiger partial charge >= 0.3 is 0 Å². The first-order chi connectivity index (χ1) is 11.2. The summed E-state index contributed by atoms with van der Waals surface area (Å²) in [7, 11) is 2.16. The van der Waals surface area contributed by atoms with Crippen LogP contribution in [0, 0.1) is 0 Å². The average molecular weight is 400 g/mol. The minimum Gasteiger partial charge on any atom is -0.353 e. The lowest BCUT2D eigenvalue weighted by molar-refractivity contribution is 0.216. The van der Waals surface area contributed by atoms with Crippen LogP contribution in [0.5, 0.6) is 0 Å². The van der Waals surface area contributed by atoms with E-state index >= 15 is 0 Å². The van der Waals surface area contributed by atoms with Crippen molar-refractivity contribution in [2.45, 2.75) is 0 Å². The molecular weight excluding hydrogens is 379 g/mol. The molecule has 0 amide bonds. The molecule has 0 atom stereocenters. The van der Waals surface area contributed by atoms with Gasteiger partial charge in [-0.15, -0.1) is 24.8 Å². The van der Waals surface area contributed by atoms with E-state index in [1.807, 2.05) is 24.3 Å². The van der Waals surface area contributed by atoms with E-state index in [4.69, 9.17) is 16.6 Å². The number of likely N-dealkylation sites (N-methyl/N-ethyl adjacent to an activating group) is 1. The van der Waals surface area contributed by atoms with Crippen LogP contribution in [0.4, 0.5) is 17.1 Å². The SMILES string of the molecule is CN1CCN(C2=Nc3cc(Cl)ccc3Nc3ccccc32)CC1.Cl.Cl. The third-order valence-corrected chi connectivity index (χ3v) is 4.66. The van der Waals surface area contributed by atoms with Crippen LogP contribution in [0.25, 0.3) is 0 Å². The summed E-state index contributed by atoms with van der Waals surface area (Å²) in [5.41, 5.74) is 4.12. The summed E-state index contributed by atoms with van der Waals surface area (Å²) < 4.78 is 0. The summed E-state index contributed by atoms with van der Waals surface area (Å²) >= 11 is 6.18. The van der Waals surface area contributed by atoms with Gasteiger partial charge in [-0.1, -0.05) is 23.7 Å². The lowest BCUT2D eigenvalue weighted by atomic mass is 10.1. The number of para-hydroxylation sites is 1. The molecule has 0 spiro atoms. The van der Waals surface area contributed by atoms with Gasteiger partial charge in [0.05, 0.1) is 11.4 Å². The van der Waals surface area contributed by atoms with Crippen LogP contribution in [0.15, 0.2) is 47.5 Å². The largest absolute Gasteiger partial charge is 0.353 e. The molecule has 0 unspecified atom stereocenters. The molecule has 1 N–H and O–H groups in total. The molecule has 2 aliphatic heterocycles. The highest BCUT2D eigenvalue weighted by molar-refractivity contribution is 6.31. The van der Waals surface area contributed by atoms with Crippen molar-refractivity contribution in [2.24, 2.45) is 4.99 Å². The first-order valence-corrected chi connectivity index (χ1v) is 8.27. The second-order valence-electron chi connectivity index (χ2n) is 6.06. The lowest BCUT2D eigenvalue weighted by Gasteiger charge is -2.34. The quantitative estimate of drug-likeness (QED) is 0.704. The Hall–Kier alpha value is -1.46. The molecule has 2 aliphatic rings. The molecular formula is C18H21Cl3N4. The number of nitrogens with zero attached hydrogens (tertiary/aromatic N) is 3. The molecule has 4 rings (SSSR count). The normalized spacial score (nSPS) is 16.2. The van der Waals surface area contributed by atoms with Gasteiger partial charge in [0.15, 0.2) is 0 Å². The summed E-state index contributed by atoms with van der Waals surface area (Å²) in [5, 5.41) is 4.20. The third kappa shape index (κ3) is 4.04. The summed E-state index contributed by atoms with van der Waals surface area (Å²) in [4.78, 5) is 9.69. The second kappa shape index (κ2) is 8.28. The minimum absolute atomic E-state index is 0. The predicted molar refractivity (Wildman–Crippen MR) is 111 cm³/mol. The minimum atomic E-state index is 0. The standard InChI is InChI=1S/C18H19ClN4.2ClH/c1-22-8-10-23(11-9-22)18-14-4-2-3-5-15(14)20-16-7-6-13(19)12-17(16)21-18;;/h2-7,12,20H,8-11H2,1H3;2*1H. The van der Waals surface area contributed by atoms with E-state index in [-0.39, 0.29) is 24.8 Å². The zero-order valence-corrected chi connectivity index (χ0v) is 16.3. The maximum absolute atomic E-state index is 6.18. The van der Waals surface area contributed by atoms with Gasteiger partial charge in [0.25, 0.3) is 0 Å². The zero-order chi connectivity index (χ0) is 15.8. The van der Waals surface area contributed by atoms with Crippen LogP contribution in [0.2, 0.25) is 5.02 Å². The summed E-state index contributed by atoms with van der Waals surface area (Å²) in [6.07, 6.45) is 0. The van der Waals surface area contributed by atoms with Gasteiger partial charge in [-0.25, -0.2) is 4.99 Å². The van der Waals surface area contributed by atoms with Gasteiger partial charge in [0, 0.05) is 42.5 Å². The van der Waals surface area contributed by atoms with Crippen molar-refractivity contribution in [2.75, 3.05) is 38.5 Å². The van der Waals surface area contributed by atoms with Gasteiger partial charge in [-0.2, -0.15) is 0 Å². The number of nitrogens with one attached hydrogen (secondary N) is 1. The Bertz CT molecular complexity index is 771. The Morgan fingerprint density at radius 3 is 2.44 bits per heavy atom. The number of benzene rings is 2. The summed E-state index contributed by atoms with van der Waals surface area (Å²) in [6, 6.07) is 14.2. The Kier molecular flexibility index (Phi) is 6.58. The van der Waals surface area contributed by atoms with Crippen LogP contribution >= 0.6 is 36.4 Å². The van der Waals surface area contributed by atoms with Crippen molar-refractivity contribution in [3.05, 3.63) is 53.1 Å². The molecule has 0 aromatic heterocycles. The Labute approximate surface area is 165 Å². The molecule has 0 saturated carbocycles. The second-order valence-corrected chi connectivity index (χ2v) is 6.49. The van der Waals surface area contributed by atoms with Crippen molar-refractivity contribution in [3.8, 4) is 0 Å². The molecule has 7 heteroatoms. The molecule has 2 heterocycles. The van der Waals surface area contributed by atoms with Gasteiger partial charge in [0.1, 0.15) is 5.84 Å². The van der Waals surface area contributed by atoms with Crippen LogP contribution in [-0.2, 0) is 0 Å². The maximum atomic E-state index is 6.18. The number of anilines is 2. The molecule has 0 bridgehead atoms. The topological polar surface area (TPSA) is 30.9 Å². The van der Waals surface area contributed by atoms with Crippen LogP contribution in [0.1, 0.15) is 5.56 Å². The average Bonchev–Trinajstić information content (AvgIpc) is 2.72. The van der Waals surface area contributed by atoms with Gasteiger partial charge < -0.3 is 15.1 Å². The fraction of sp³-hybridized carbons (Fsp3) is 0.278. The molecule has 2 aromatic rings. The molecule has 134 valence electrons. The Balaban J connectivity index is 0.00000113. The molecule has 4 nitrogen and oxygen atoms in total. The first kappa shape index (κ1) is 19.9. The Morgan fingerprint density at radius 1 is 0.960 bits per heavy atom. The van der Waals surface area contributed by atoms with Gasteiger partial charge in [0.2, 0.25) is 0 Å². The fourth-order valence-corrected chi connectivity index (χ4v) is 3.24. The van der Waals surface area contributed by atoms with Crippen molar-refractivity contribution in [1.29, 1.82) is 0 Å². The van der Waals surface area contributed by atoms with Gasteiger partial charge in [-0.05, 0) is 37.4 Å². The van der Waals surface area contributed by atoms with E-state index in [1.165, 1.54) is 0 Å². The van der Waals surface area contributed by atoms with Crippen LogP contribution in [-0.4, -0.2) is 48.9 Å². The molecule has 2 aromatic carbocycles. The monoisotopic (exact) mass is 398 g/mol. The highest BCUT2D eigenvalue weighted by atomic mass is 35.5. The molecule has 1 saturated heterocycles. The summed E-state index contributed by atoms with van der Waals surface area (Å²) in [6.45, 7) is 4.08. The highest BCUT2D eigenvalue weighted by Crippen LogP contribution is 2.36. The molecule has 0 aliphatic carbocycles. The fourth-order valence-electron chi connectivity index (χ4n) is 3.07. The van der Waals surface area contributed by atoms with Gasteiger partial charge in [-0.3, -0.25) is 0 Å². The number of hydrogen-bond donors (Lipinski definition) is 1. The van der Waals surface area contributed by atoms with E-state index in [9.17, 15) is 0 Å². The lowest BCUT2D eigenvalue weighted by Crippen LogP contribution is -2.47. The number of aliphatic imine (C=N–C) groups is 1. The van der Waals surface area contributed by atoms with E-state index in [2.05, 4.69) is 40.4 Å². The van der Waals surface area contributed by atoms with E-state index in [1.54, 1.807) is 0 Å². The number of hydrogen-bond acceptors (Lipinski definition) is 4. The third-order valence-electron chi connectivity index (χ3n) is 4.43. The van der Waals surface area contributed by atoms with Crippen molar-refractivity contribution in [3.63, 3.8) is 0 Å². The van der Waals surface area contributed by atoms with Crippen LogP contribution < -0.4 is 5.32 Å². The number of rotatable bonds is 0. The first-order valence-electron chi connectivity index (χ1n) is 7.89. The molecule has 1 fully saturated rings. The number of halogens is 3. The maximum Gasteiger partial charge on any atom is 0.138 e. The van der Waals surface area contributed by atoms with Crippen molar-refractivity contribution >= 4 is 59.3 Å².